The van der Waals surface area contributed by atoms with Crippen LogP contribution in [0, 0.1) is 10.1 Å². The summed E-state index contributed by atoms with van der Waals surface area (Å²) >= 11 is 0. The molecule has 1 saturated carbocycles. The van der Waals surface area contributed by atoms with Gasteiger partial charge < -0.3 is 0 Å². The Morgan fingerprint density at radius 1 is 1.53 bits per heavy atom. The number of aromatic nitrogens is 3. The molecule has 1 aliphatic carbocycles. The molecule has 2 aromatic heterocycles. The molecule has 0 spiro atoms. The number of hydrogen-bond donors (Lipinski definition) is 0. The summed E-state index contributed by atoms with van der Waals surface area (Å²) in [5.41, 5.74) is 0.790. The van der Waals surface area contributed by atoms with Crippen molar-refractivity contribution in [3.8, 4) is 0 Å². The van der Waals surface area contributed by atoms with Gasteiger partial charge >= 0.3 is 5.69 Å². The molecule has 0 unspecified atom stereocenters. The molecule has 0 aromatic carbocycles. The van der Waals surface area contributed by atoms with E-state index in [9.17, 15) is 14.9 Å². The summed E-state index contributed by atoms with van der Waals surface area (Å²) in [4.78, 5) is 26.2. The van der Waals surface area contributed by atoms with Gasteiger partial charge in [0.25, 0.3) is 5.69 Å². The lowest BCUT2D eigenvalue weighted by Gasteiger charge is -1.97. The summed E-state index contributed by atoms with van der Waals surface area (Å²) in [6.07, 6.45) is 3.13. The molecule has 0 amide bonds. The molecule has 2 heterocycles. The van der Waals surface area contributed by atoms with E-state index in [4.69, 9.17) is 0 Å². The number of hydrogen-bond acceptors (Lipinski definition) is 4. The zero-order valence-electron chi connectivity index (χ0n) is 9.16. The Balaban J connectivity index is 2.34. The standard InChI is InChI=1S/C10H10N4O3/c1-12-8-4-7(14(16)17)5-11-9(8)13(10(12)15)6-2-3-6/h4-6H,2-3H2,1H3. The predicted molar refractivity (Wildman–Crippen MR) is 59.9 cm³/mol. The SMILES string of the molecule is Cn1c(=O)n(C2CC2)c2ncc([N+](=O)[O-])cc21. The van der Waals surface area contributed by atoms with E-state index in [2.05, 4.69) is 4.98 Å². The second-order valence-corrected chi connectivity index (χ2v) is 4.24. The lowest BCUT2D eigenvalue weighted by atomic mass is 10.4. The number of fused-ring (bicyclic) bond motifs is 1. The number of nitro groups is 1. The zero-order chi connectivity index (χ0) is 12.2. The van der Waals surface area contributed by atoms with Crippen molar-refractivity contribution in [2.75, 3.05) is 0 Å². The third kappa shape index (κ3) is 1.35. The second kappa shape index (κ2) is 3.16. The number of pyridine rings is 1. The Morgan fingerprint density at radius 3 is 2.82 bits per heavy atom. The first kappa shape index (κ1) is 10.0. The molecule has 3 rings (SSSR count). The zero-order valence-corrected chi connectivity index (χ0v) is 9.16. The summed E-state index contributed by atoms with van der Waals surface area (Å²) in [7, 11) is 1.61. The smallest absolute Gasteiger partial charge is 0.293 e. The van der Waals surface area contributed by atoms with Crippen molar-refractivity contribution in [2.45, 2.75) is 18.9 Å². The van der Waals surface area contributed by atoms with Crippen LogP contribution in [0.1, 0.15) is 18.9 Å². The summed E-state index contributed by atoms with van der Waals surface area (Å²) in [6.45, 7) is 0. The topological polar surface area (TPSA) is 83.0 Å². The molecule has 0 aliphatic heterocycles. The molecular formula is C10H10N4O3. The van der Waals surface area contributed by atoms with Gasteiger partial charge in [0.2, 0.25) is 0 Å². The van der Waals surface area contributed by atoms with Gasteiger partial charge in [0, 0.05) is 19.2 Å². The molecule has 17 heavy (non-hydrogen) atoms. The Labute approximate surface area is 95.4 Å². The van der Waals surface area contributed by atoms with Crippen molar-refractivity contribution in [3.05, 3.63) is 32.9 Å². The van der Waals surface area contributed by atoms with Gasteiger partial charge in [-0.25, -0.2) is 9.78 Å². The van der Waals surface area contributed by atoms with Crippen LogP contribution in [0.25, 0.3) is 11.2 Å². The highest BCUT2D eigenvalue weighted by molar-refractivity contribution is 5.74. The minimum absolute atomic E-state index is 0.0963. The van der Waals surface area contributed by atoms with Crippen LogP contribution in [0.4, 0.5) is 5.69 Å². The Hall–Kier alpha value is -2.18. The van der Waals surface area contributed by atoms with Crippen LogP contribution >= 0.6 is 0 Å². The maximum absolute atomic E-state index is 12.0. The minimum atomic E-state index is -0.509. The van der Waals surface area contributed by atoms with E-state index in [0.717, 1.165) is 12.8 Å². The average Bonchev–Trinajstić information content (AvgIpc) is 3.09. The largest absolute Gasteiger partial charge is 0.330 e. The number of aryl methyl sites for hydroxylation is 1. The normalized spacial score (nSPS) is 15.4. The van der Waals surface area contributed by atoms with Crippen molar-refractivity contribution in [1.82, 2.24) is 14.1 Å². The number of rotatable bonds is 2. The van der Waals surface area contributed by atoms with Crippen molar-refractivity contribution in [3.63, 3.8) is 0 Å². The minimum Gasteiger partial charge on any atom is -0.293 e. The second-order valence-electron chi connectivity index (χ2n) is 4.24. The third-order valence-corrected chi connectivity index (χ3v) is 3.04. The molecule has 7 nitrogen and oxygen atoms in total. The lowest BCUT2D eigenvalue weighted by molar-refractivity contribution is -0.385. The fourth-order valence-electron chi connectivity index (χ4n) is 1.98. The molecule has 1 fully saturated rings. The Morgan fingerprint density at radius 2 is 2.24 bits per heavy atom. The molecule has 2 aromatic rings. The van der Waals surface area contributed by atoms with Crippen molar-refractivity contribution < 1.29 is 4.92 Å². The molecule has 0 bridgehead atoms. The molecular weight excluding hydrogens is 224 g/mol. The van der Waals surface area contributed by atoms with Crippen LogP contribution in [0.3, 0.4) is 0 Å². The molecule has 0 atom stereocenters. The Bertz CT molecular complexity index is 681. The summed E-state index contributed by atoms with van der Waals surface area (Å²) in [6, 6.07) is 1.60. The Kier molecular flexibility index (Phi) is 1.86. The molecule has 0 saturated heterocycles. The first-order valence-electron chi connectivity index (χ1n) is 5.31. The van der Waals surface area contributed by atoms with Gasteiger partial charge in [-0.15, -0.1) is 0 Å². The molecule has 0 N–H and O–H groups in total. The first-order valence-corrected chi connectivity index (χ1v) is 5.31. The average molecular weight is 234 g/mol. The first-order chi connectivity index (χ1) is 8.09. The highest BCUT2D eigenvalue weighted by Gasteiger charge is 2.29. The van der Waals surface area contributed by atoms with E-state index >= 15 is 0 Å². The third-order valence-electron chi connectivity index (χ3n) is 3.04. The fraction of sp³-hybridized carbons (Fsp3) is 0.400. The van der Waals surface area contributed by atoms with Crippen LogP contribution in [0.5, 0.6) is 0 Å². The van der Waals surface area contributed by atoms with Crippen LogP contribution in [0.15, 0.2) is 17.1 Å². The fourth-order valence-corrected chi connectivity index (χ4v) is 1.98. The van der Waals surface area contributed by atoms with Crippen LogP contribution < -0.4 is 5.69 Å². The van der Waals surface area contributed by atoms with Gasteiger partial charge in [0.1, 0.15) is 6.20 Å². The highest BCUT2D eigenvalue weighted by atomic mass is 16.6. The highest BCUT2D eigenvalue weighted by Crippen LogP contribution is 2.35. The maximum Gasteiger partial charge on any atom is 0.330 e. The van der Waals surface area contributed by atoms with E-state index < -0.39 is 4.92 Å². The summed E-state index contributed by atoms with van der Waals surface area (Å²) < 4.78 is 3.03. The van der Waals surface area contributed by atoms with E-state index in [1.807, 2.05) is 0 Å². The van der Waals surface area contributed by atoms with Crippen molar-refractivity contribution in [1.29, 1.82) is 0 Å². The van der Waals surface area contributed by atoms with Gasteiger partial charge in [-0.3, -0.25) is 19.2 Å². The molecule has 0 radical (unpaired) electrons. The van der Waals surface area contributed by atoms with Gasteiger partial charge in [0.05, 0.1) is 10.4 Å². The van der Waals surface area contributed by atoms with Crippen LogP contribution in [-0.4, -0.2) is 19.0 Å². The van der Waals surface area contributed by atoms with Crippen LogP contribution in [0.2, 0.25) is 0 Å². The van der Waals surface area contributed by atoms with Gasteiger partial charge in [-0.2, -0.15) is 0 Å². The number of imidazole rings is 1. The van der Waals surface area contributed by atoms with E-state index in [-0.39, 0.29) is 17.4 Å². The molecule has 88 valence electrons. The lowest BCUT2D eigenvalue weighted by Crippen LogP contribution is -2.21. The number of nitrogens with zero attached hydrogens (tertiary/aromatic N) is 4. The monoisotopic (exact) mass is 234 g/mol. The quantitative estimate of drug-likeness (QED) is 0.572. The van der Waals surface area contributed by atoms with E-state index in [1.54, 1.807) is 11.6 Å². The maximum atomic E-state index is 12.0. The predicted octanol–water partition coefficient (Wildman–Crippen LogP) is 0.978. The van der Waals surface area contributed by atoms with Crippen LogP contribution in [-0.2, 0) is 7.05 Å². The van der Waals surface area contributed by atoms with Crippen molar-refractivity contribution >= 4 is 16.9 Å². The van der Waals surface area contributed by atoms with Gasteiger partial charge in [-0.05, 0) is 12.8 Å². The summed E-state index contributed by atoms with van der Waals surface area (Å²) in [5.74, 6) is 0. The molecule has 1 aliphatic rings. The van der Waals surface area contributed by atoms with E-state index in [0.29, 0.717) is 11.2 Å². The van der Waals surface area contributed by atoms with Gasteiger partial charge in [-0.1, -0.05) is 0 Å². The van der Waals surface area contributed by atoms with Crippen molar-refractivity contribution in [2.24, 2.45) is 7.05 Å². The van der Waals surface area contributed by atoms with Gasteiger partial charge in [0.15, 0.2) is 5.65 Å². The molecule has 7 heteroatoms. The summed E-state index contributed by atoms with van der Waals surface area (Å²) in [5, 5.41) is 10.7. The van der Waals surface area contributed by atoms with E-state index in [1.165, 1.54) is 16.8 Å².